The third-order valence-corrected chi connectivity index (χ3v) is 3.14. The summed E-state index contributed by atoms with van der Waals surface area (Å²) in [5, 5.41) is 0. The van der Waals surface area contributed by atoms with Gasteiger partial charge in [0.05, 0.1) is 0 Å². The van der Waals surface area contributed by atoms with Gasteiger partial charge in [0.2, 0.25) is 0 Å². The SMILES string of the molecule is Cc1cc2c(cc1C)-c1ccccc1-2. The molecule has 68 valence electrons. The van der Waals surface area contributed by atoms with Gasteiger partial charge in [0.15, 0.2) is 0 Å². The molecule has 0 bridgehead atoms. The smallest absolute Gasteiger partial charge is 0.00961 e. The van der Waals surface area contributed by atoms with Crippen molar-refractivity contribution < 1.29 is 0 Å². The molecule has 3 rings (SSSR count). The van der Waals surface area contributed by atoms with E-state index in [9.17, 15) is 0 Å². The average Bonchev–Trinajstić information content (AvgIpc) is 2.21. The number of hydrogen-bond donors (Lipinski definition) is 0. The Kier molecular flexibility index (Phi) is 1.38. The fourth-order valence-corrected chi connectivity index (χ4v) is 2.15. The van der Waals surface area contributed by atoms with Gasteiger partial charge in [-0.1, -0.05) is 36.4 Å². The molecule has 0 aromatic heterocycles. The Morgan fingerprint density at radius 1 is 0.643 bits per heavy atom. The lowest BCUT2D eigenvalue weighted by molar-refractivity contribution is 1.33. The van der Waals surface area contributed by atoms with Crippen LogP contribution in [0, 0.1) is 13.8 Å². The van der Waals surface area contributed by atoms with E-state index in [1.165, 1.54) is 33.4 Å². The maximum Gasteiger partial charge on any atom is -0.00961 e. The molecule has 0 nitrogen and oxygen atoms in total. The Morgan fingerprint density at radius 3 is 1.50 bits per heavy atom. The first-order chi connectivity index (χ1) is 6.77. The highest BCUT2D eigenvalue weighted by Gasteiger charge is 2.21. The van der Waals surface area contributed by atoms with Crippen molar-refractivity contribution in [1.29, 1.82) is 0 Å². The summed E-state index contributed by atoms with van der Waals surface area (Å²) in [6.45, 7) is 4.35. The van der Waals surface area contributed by atoms with Crippen LogP contribution in [0.2, 0.25) is 0 Å². The van der Waals surface area contributed by atoms with Crippen molar-refractivity contribution in [2.24, 2.45) is 0 Å². The molecular formula is C14H12. The Hall–Kier alpha value is -1.56. The highest BCUT2D eigenvalue weighted by Crippen LogP contribution is 2.47. The zero-order valence-corrected chi connectivity index (χ0v) is 8.46. The van der Waals surface area contributed by atoms with Gasteiger partial charge in [-0.05, 0) is 47.2 Å². The van der Waals surface area contributed by atoms with Gasteiger partial charge in [-0.15, -0.1) is 0 Å². The van der Waals surface area contributed by atoms with Gasteiger partial charge in [-0.2, -0.15) is 0 Å². The van der Waals surface area contributed by atoms with Crippen LogP contribution in [0.25, 0.3) is 22.3 Å². The van der Waals surface area contributed by atoms with Crippen LogP contribution in [-0.4, -0.2) is 0 Å². The lowest BCUT2D eigenvalue weighted by Gasteiger charge is -2.25. The first kappa shape index (κ1) is 7.81. The van der Waals surface area contributed by atoms with Gasteiger partial charge < -0.3 is 0 Å². The summed E-state index contributed by atoms with van der Waals surface area (Å²) >= 11 is 0. The molecule has 0 aliphatic heterocycles. The van der Waals surface area contributed by atoms with Gasteiger partial charge in [0.25, 0.3) is 0 Å². The zero-order valence-electron chi connectivity index (χ0n) is 8.46. The Morgan fingerprint density at radius 2 is 1.07 bits per heavy atom. The maximum atomic E-state index is 2.30. The lowest BCUT2D eigenvalue weighted by Crippen LogP contribution is -1.99. The highest BCUT2D eigenvalue weighted by atomic mass is 14.2. The van der Waals surface area contributed by atoms with Gasteiger partial charge in [-0.3, -0.25) is 0 Å². The summed E-state index contributed by atoms with van der Waals surface area (Å²) in [5.41, 5.74) is 8.43. The first-order valence-corrected chi connectivity index (χ1v) is 4.98. The summed E-state index contributed by atoms with van der Waals surface area (Å²) < 4.78 is 0. The normalized spacial score (nSPS) is 11.6. The van der Waals surface area contributed by atoms with E-state index in [0.717, 1.165) is 0 Å². The third kappa shape index (κ3) is 0.832. The van der Waals surface area contributed by atoms with Crippen LogP contribution < -0.4 is 0 Å². The number of aryl methyl sites for hydroxylation is 2. The Balaban J connectivity index is 2.29. The molecule has 1 aliphatic rings. The topological polar surface area (TPSA) is 0 Å². The van der Waals surface area contributed by atoms with Gasteiger partial charge in [0.1, 0.15) is 0 Å². The summed E-state index contributed by atoms with van der Waals surface area (Å²) in [7, 11) is 0. The van der Waals surface area contributed by atoms with Crippen molar-refractivity contribution in [3.05, 3.63) is 47.5 Å². The molecule has 0 spiro atoms. The van der Waals surface area contributed by atoms with Crippen LogP contribution in [0.4, 0.5) is 0 Å². The van der Waals surface area contributed by atoms with E-state index in [2.05, 4.69) is 50.2 Å². The summed E-state index contributed by atoms with van der Waals surface area (Å²) in [5.74, 6) is 0. The van der Waals surface area contributed by atoms with E-state index >= 15 is 0 Å². The summed E-state index contributed by atoms with van der Waals surface area (Å²) in [6.07, 6.45) is 0. The van der Waals surface area contributed by atoms with Crippen molar-refractivity contribution in [1.82, 2.24) is 0 Å². The molecule has 0 saturated carbocycles. The van der Waals surface area contributed by atoms with Crippen molar-refractivity contribution in [2.45, 2.75) is 13.8 Å². The highest BCUT2D eigenvalue weighted by molar-refractivity contribution is 6.02. The van der Waals surface area contributed by atoms with E-state index in [1.54, 1.807) is 0 Å². The molecule has 2 aromatic carbocycles. The van der Waals surface area contributed by atoms with E-state index in [0.29, 0.717) is 0 Å². The lowest BCUT2D eigenvalue weighted by atomic mass is 9.79. The second-order valence-corrected chi connectivity index (χ2v) is 4.03. The number of benzene rings is 2. The molecule has 0 fully saturated rings. The standard InChI is InChI=1S/C14H12/c1-9-7-13-11-5-3-4-6-12(11)14(13)8-10(9)2/h3-8H,1-2H3. The van der Waals surface area contributed by atoms with Crippen molar-refractivity contribution in [3.63, 3.8) is 0 Å². The monoisotopic (exact) mass is 180 g/mol. The quantitative estimate of drug-likeness (QED) is 0.491. The predicted octanol–water partition coefficient (Wildman–Crippen LogP) is 3.95. The Bertz CT molecular complexity index is 474. The van der Waals surface area contributed by atoms with E-state index in [4.69, 9.17) is 0 Å². The fraction of sp³-hybridized carbons (Fsp3) is 0.143. The van der Waals surface area contributed by atoms with Crippen LogP contribution in [0.5, 0.6) is 0 Å². The van der Waals surface area contributed by atoms with Gasteiger partial charge in [0, 0.05) is 0 Å². The minimum Gasteiger partial charge on any atom is -0.0616 e. The van der Waals surface area contributed by atoms with E-state index in [1.807, 2.05) is 0 Å². The minimum absolute atomic E-state index is 1.39. The van der Waals surface area contributed by atoms with Crippen molar-refractivity contribution in [3.8, 4) is 22.3 Å². The minimum atomic E-state index is 1.39. The second-order valence-electron chi connectivity index (χ2n) is 4.03. The summed E-state index contributed by atoms with van der Waals surface area (Å²) in [4.78, 5) is 0. The molecular weight excluding hydrogens is 168 g/mol. The average molecular weight is 180 g/mol. The zero-order chi connectivity index (χ0) is 9.71. The van der Waals surface area contributed by atoms with Crippen LogP contribution in [-0.2, 0) is 0 Å². The molecule has 14 heavy (non-hydrogen) atoms. The molecule has 0 heteroatoms. The molecule has 0 saturated heterocycles. The van der Waals surface area contributed by atoms with Crippen molar-refractivity contribution >= 4 is 0 Å². The maximum absolute atomic E-state index is 2.30. The Labute approximate surface area is 84.2 Å². The molecule has 0 atom stereocenters. The molecule has 0 amide bonds. The largest absolute Gasteiger partial charge is 0.0616 e. The van der Waals surface area contributed by atoms with Crippen LogP contribution in [0.15, 0.2) is 36.4 Å². The van der Waals surface area contributed by atoms with Crippen LogP contribution in [0.3, 0.4) is 0 Å². The number of fused-ring (bicyclic) bond motifs is 4. The fourth-order valence-electron chi connectivity index (χ4n) is 2.15. The first-order valence-electron chi connectivity index (χ1n) is 4.98. The van der Waals surface area contributed by atoms with E-state index < -0.39 is 0 Å². The molecule has 2 aromatic rings. The van der Waals surface area contributed by atoms with E-state index in [-0.39, 0.29) is 0 Å². The summed E-state index contributed by atoms with van der Waals surface area (Å²) in [6, 6.07) is 13.2. The molecule has 0 radical (unpaired) electrons. The molecule has 0 unspecified atom stereocenters. The number of rotatable bonds is 0. The molecule has 0 heterocycles. The third-order valence-electron chi connectivity index (χ3n) is 3.14. The number of hydrogen-bond acceptors (Lipinski definition) is 0. The van der Waals surface area contributed by atoms with Gasteiger partial charge >= 0.3 is 0 Å². The second kappa shape index (κ2) is 2.48. The van der Waals surface area contributed by atoms with Crippen molar-refractivity contribution in [2.75, 3.05) is 0 Å². The van der Waals surface area contributed by atoms with Gasteiger partial charge in [-0.25, -0.2) is 0 Å². The van der Waals surface area contributed by atoms with Crippen LogP contribution in [0.1, 0.15) is 11.1 Å². The molecule has 1 aliphatic carbocycles. The van der Waals surface area contributed by atoms with Crippen LogP contribution >= 0.6 is 0 Å². The predicted molar refractivity (Wildman–Crippen MR) is 60.3 cm³/mol. The molecule has 0 N–H and O–H groups in total.